The van der Waals surface area contributed by atoms with Crippen molar-refractivity contribution in [1.82, 2.24) is 9.32 Å². The second-order valence-electron chi connectivity index (χ2n) is 6.38. The second-order valence-corrected chi connectivity index (χ2v) is 6.72. The Hall–Kier alpha value is -0.730. The van der Waals surface area contributed by atoms with Crippen molar-refractivity contribution in [1.29, 1.82) is 0 Å². The molecule has 23 heavy (non-hydrogen) atoms. The quantitative estimate of drug-likeness (QED) is 0.352. The fourth-order valence-corrected chi connectivity index (χ4v) is 2.59. The molecule has 0 atom stereocenters. The largest absolute Gasteiger partial charge is 0.382 e. The summed E-state index contributed by atoms with van der Waals surface area (Å²) < 4.78 is 16.8. The van der Waals surface area contributed by atoms with E-state index in [0.717, 1.165) is 0 Å². The van der Waals surface area contributed by atoms with Gasteiger partial charge in [-0.2, -0.15) is 4.42 Å². The fraction of sp³-hybridized carbons (Fsp3) is 0.867. The highest BCUT2D eigenvalue weighted by Gasteiger charge is 2.55. The van der Waals surface area contributed by atoms with Crippen LogP contribution in [0.3, 0.4) is 0 Å². The monoisotopic (exact) mass is 350 g/mol. The first-order valence-electron chi connectivity index (χ1n) is 7.64. The van der Waals surface area contributed by atoms with Crippen LogP contribution in [0.4, 0.5) is 0 Å². The Kier molecular flexibility index (Phi) is 7.41. The number of halogens is 1. The molecule has 0 aromatic carbocycles. The lowest BCUT2D eigenvalue weighted by Gasteiger charge is -2.49. The lowest BCUT2D eigenvalue weighted by Crippen LogP contribution is -2.71. The van der Waals surface area contributed by atoms with Crippen LogP contribution in [0.25, 0.3) is 0 Å². The van der Waals surface area contributed by atoms with Crippen LogP contribution >= 0.6 is 11.8 Å². The van der Waals surface area contributed by atoms with Crippen molar-refractivity contribution >= 4 is 23.6 Å². The van der Waals surface area contributed by atoms with E-state index in [1.54, 1.807) is 34.8 Å². The Balaban J connectivity index is 2.46. The molecule has 0 bridgehead atoms. The number of amides is 2. The molecule has 0 spiro atoms. The summed E-state index contributed by atoms with van der Waals surface area (Å²) in [5, 5.41) is 0. The van der Waals surface area contributed by atoms with Gasteiger partial charge in [0.15, 0.2) is 0 Å². The third-order valence-corrected chi connectivity index (χ3v) is 4.63. The number of rotatable bonds is 9. The normalized spacial score (nSPS) is 21.0. The summed E-state index contributed by atoms with van der Waals surface area (Å²) >= 11 is 6.21. The highest BCUT2D eigenvalue weighted by atomic mass is 35.5. The molecular formula is C15H27ClN2O5. The van der Waals surface area contributed by atoms with Crippen LogP contribution in [0.5, 0.6) is 0 Å². The van der Waals surface area contributed by atoms with Crippen LogP contribution in [0.15, 0.2) is 0 Å². The summed E-state index contributed by atoms with van der Waals surface area (Å²) in [6, 6.07) is 0. The first kappa shape index (κ1) is 20.3. The molecule has 0 aliphatic carbocycles. The lowest BCUT2D eigenvalue weighted by atomic mass is 9.89. The first-order chi connectivity index (χ1) is 10.7. The van der Waals surface area contributed by atoms with Gasteiger partial charge in [0.2, 0.25) is 0 Å². The number of nitrogens with zero attached hydrogens (tertiary/aromatic N) is 2. The van der Waals surface area contributed by atoms with E-state index in [2.05, 4.69) is 0 Å². The van der Waals surface area contributed by atoms with E-state index in [9.17, 15) is 9.59 Å². The topological polar surface area (TPSA) is 68.3 Å². The maximum Gasteiger partial charge on any atom is 0.250 e. The summed E-state index contributed by atoms with van der Waals surface area (Å²) in [6.45, 7) is 9.16. The highest BCUT2D eigenvalue weighted by molar-refractivity contribution is 6.21. The predicted molar refractivity (Wildman–Crippen MR) is 86.1 cm³/mol. The van der Waals surface area contributed by atoms with Crippen LogP contribution in [-0.4, -0.2) is 78.9 Å². The van der Waals surface area contributed by atoms with Gasteiger partial charge in [-0.25, -0.2) is 0 Å². The Labute approximate surface area is 142 Å². The molecule has 7 nitrogen and oxygen atoms in total. The zero-order valence-electron chi connectivity index (χ0n) is 14.6. The number of hydrogen-bond donors (Lipinski definition) is 0. The van der Waals surface area contributed by atoms with Gasteiger partial charge in [0, 0.05) is 7.11 Å². The van der Waals surface area contributed by atoms with Gasteiger partial charge >= 0.3 is 0 Å². The van der Waals surface area contributed by atoms with Gasteiger partial charge in [0.1, 0.15) is 11.1 Å². The van der Waals surface area contributed by atoms with Crippen LogP contribution in [0, 0.1) is 0 Å². The zero-order chi connectivity index (χ0) is 17.7. The Bertz CT molecular complexity index is 400. The molecule has 1 saturated heterocycles. The van der Waals surface area contributed by atoms with Gasteiger partial charge in [0.25, 0.3) is 11.8 Å². The smallest absolute Gasteiger partial charge is 0.250 e. The van der Waals surface area contributed by atoms with E-state index in [0.29, 0.717) is 26.4 Å². The number of methoxy groups -OCH3 is 1. The van der Waals surface area contributed by atoms with E-state index >= 15 is 0 Å². The van der Waals surface area contributed by atoms with Crippen LogP contribution in [-0.2, 0) is 23.8 Å². The number of imide groups is 1. The average Bonchev–Trinajstić information content (AvgIpc) is 2.50. The number of carbonyl (C=O) groups excluding carboxylic acids is 2. The highest BCUT2D eigenvalue weighted by Crippen LogP contribution is 2.35. The maximum atomic E-state index is 12.5. The molecule has 2 amide bonds. The minimum absolute atomic E-state index is 0.202. The van der Waals surface area contributed by atoms with E-state index in [4.69, 9.17) is 26.0 Å². The van der Waals surface area contributed by atoms with Gasteiger partial charge in [-0.3, -0.25) is 14.5 Å². The molecule has 1 heterocycles. The Morgan fingerprint density at radius 1 is 0.870 bits per heavy atom. The van der Waals surface area contributed by atoms with Crippen LogP contribution in [0.2, 0.25) is 0 Å². The van der Waals surface area contributed by atoms with E-state index in [1.807, 2.05) is 0 Å². The van der Waals surface area contributed by atoms with E-state index < -0.39 is 11.1 Å². The lowest BCUT2D eigenvalue weighted by molar-refractivity contribution is -0.167. The zero-order valence-corrected chi connectivity index (χ0v) is 15.3. The molecule has 0 N–H and O–H groups in total. The molecule has 1 rings (SSSR count). The Morgan fingerprint density at radius 3 is 1.78 bits per heavy atom. The van der Waals surface area contributed by atoms with Gasteiger partial charge < -0.3 is 14.2 Å². The van der Waals surface area contributed by atoms with Crippen molar-refractivity contribution in [2.45, 2.75) is 38.8 Å². The molecule has 1 aliphatic heterocycles. The molecule has 0 radical (unpaired) electrons. The van der Waals surface area contributed by atoms with E-state index in [-0.39, 0.29) is 25.0 Å². The first-order valence-corrected chi connectivity index (χ1v) is 7.98. The molecule has 0 unspecified atom stereocenters. The molecule has 0 aromatic heterocycles. The number of carbonyl (C=O) groups is 2. The number of piperazine rings is 1. The van der Waals surface area contributed by atoms with Crippen molar-refractivity contribution in [3.05, 3.63) is 0 Å². The summed E-state index contributed by atoms with van der Waals surface area (Å²) in [5.74, 6) is -0.645. The minimum atomic E-state index is -0.956. The van der Waals surface area contributed by atoms with Gasteiger partial charge in [-0.1, -0.05) is 0 Å². The Morgan fingerprint density at radius 2 is 1.30 bits per heavy atom. The molecule has 134 valence electrons. The molecule has 1 aliphatic rings. The van der Waals surface area contributed by atoms with Crippen molar-refractivity contribution < 1.29 is 23.8 Å². The van der Waals surface area contributed by atoms with Crippen molar-refractivity contribution in [3.8, 4) is 0 Å². The summed E-state index contributed by atoms with van der Waals surface area (Å²) in [5.41, 5.74) is -1.91. The average molecular weight is 351 g/mol. The number of ether oxygens (including phenoxy) is 3. The van der Waals surface area contributed by atoms with E-state index in [1.165, 1.54) is 9.32 Å². The number of hydrogen-bond acceptors (Lipinski definition) is 6. The van der Waals surface area contributed by atoms with Crippen LogP contribution in [0.1, 0.15) is 27.7 Å². The standard InChI is InChI=1S/C15H27ClN2O5/c1-14(2)12(19)17(13(20)15(3,4)18(14)16)6-7-22-10-11-23-9-8-21-5/h6-11H2,1-5H3. The van der Waals surface area contributed by atoms with Crippen molar-refractivity contribution in [2.24, 2.45) is 0 Å². The third kappa shape index (κ3) is 4.64. The predicted octanol–water partition coefficient (Wildman–Crippen LogP) is 1.05. The minimum Gasteiger partial charge on any atom is -0.382 e. The van der Waals surface area contributed by atoms with Gasteiger partial charge in [-0.05, 0) is 39.5 Å². The molecule has 0 saturated carbocycles. The maximum absolute atomic E-state index is 12.5. The SMILES string of the molecule is COCCOCCOCCN1C(=O)C(C)(C)N(Cl)C(C)(C)C1=O. The fourth-order valence-electron chi connectivity index (χ4n) is 2.44. The van der Waals surface area contributed by atoms with Crippen molar-refractivity contribution in [2.75, 3.05) is 46.7 Å². The molecule has 8 heteroatoms. The molecule has 0 aromatic rings. The third-order valence-electron chi connectivity index (χ3n) is 3.78. The molecule has 1 fully saturated rings. The van der Waals surface area contributed by atoms with Gasteiger partial charge in [-0.15, -0.1) is 0 Å². The summed E-state index contributed by atoms with van der Waals surface area (Å²) in [7, 11) is 1.61. The second kappa shape index (κ2) is 8.39. The molecular weight excluding hydrogens is 324 g/mol. The van der Waals surface area contributed by atoms with Gasteiger partial charge in [0.05, 0.1) is 39.6 Å². The summed E-state index contributed by atoms with van der Waals surface area (Å²) in [4.78, 5) is 26.2. The van der Waals surface area contributed by atoms with Crippen molar-refractivity contribution in [3.63, 3.8) is 0 Å². The van der Waals surface area contributed by atoms with Crippen LogP contribution < -0.4 is 0 Å². The summed E-state index contributed by atoms with van der Waals surface area (Å²) in [6.07, 6.45) is 0.